The number of hydrogen-bond acceptors (Lipinski definition) is 3. The van der Waals surface area contributed by atoms with Crippen LogP contribution in [0.1, 0.15) is 5.56 Å². The van der Waals surface area contributed by atoms with Crippen LogP contribution < -0.4 is 15.8 Å². The number of nitrogen functional groups attached to an aromatic ring is 1. The smallest absolute Gasteiger partial charge is 0.167 e. The minimum Gasteiger partial charge on any atom is -0.494 e. The summed E-state index contributed by atoms with van der Waals surface area (Å²) in [6, 6.07) is 9.27. The summed E-state index contributed by atoms with van der Waals surface area (Å²) in [5.41, 5.74) is 7.20. The average molecular weight is 278 g/mol. The number of anilines is 2. The molecule has 20 heavy (non-hydrogen) atoms. The fourth-order valence-electron chi connectivity index (χ4n) is 1.91. The second kappa shape index (κ2) is 6.23. The predicted molar refractivity (Wildman–Crippen MR) is 76.0 cm³/mol. The van der Waals surface area contributed by atoms with Crippen molar-refractivity contribution in [3.8, 4) is 5.75 Å². The molecule has 0 aliphatic carbocycles. The van der Waals surface area contributed by atoms with Crippen LogP contribution in [0.2, 0.25) is 0 Å². The maximum atomic E-state index is 13.4. The highest BCUT2D eigenvalue weighted by molar-refractivity contribution is 5.68. The van der Waals surface area contributed by atoms with Crippen molar-refractivity contribution in [2.45, 2.75) is 6.42 Å². The topological polar surface area (TPSA) is 47.3 Å². The summed E-state index contributed by atoms with van der Waals surface area (Å²) in [5.74, 6) is -0.629. The Balaban J connectivity index is 2.03. The molecule has 0 fully saturated rings. The van der Waals surface area contributed by atoms with Crippen LogP contribution in [-0.2, 0) is 6.42 Å². The number of nitrogens with one attached hydrogen (secondary N) is 1. The lowest BCUT2D eigenvalue weighted by Crippen LogP contribution is -2.08. The lowest BCUT2D eigenvalue weighted by molar-refractivity contribution is 0.387. The molecule has 0 saturated carbocycles. The van der Waals surface area contributed by atoms with Crippen LogP contribution in [0, 0.1) is 11.6 Å². The summed E-state index contributed by atoms with van der Waals surface area (Å²) >= 11 is 0. The fraction of sp³-hybridized carbons (Fsp3) is 0.200. The molecule has 0 aromatic heterocycles. The van der Waals surface area contributed by atoms with Crippen molar-refractivity contribution in [1.82, 2.24) is 0 Å². The van der Waals surface area contributed by atoms with Crippen LogP contribution >= 0.6 is 0 Å². The third-order valence-electron chi connectivity index (χ3n) is 2.99. The molecule has 3 N–H and O–H groups in total. The van der Waals surface area contributed by atoms with Gasteiger partial charge in [-0.2, -0.15) is 0 Å². The van der Waals surface area contributed by atoms with Gasteiger partial charge in [0.25, 0.3) is 0 Å². The molecule has 0 aliphatic heterocycles. The Morgan fingerprint density at radius 1 is 1.15 bits per heavy atom. The Bertz CT molecular complexity index is 602. The average Bonchev–Trinajstić information content (AvgIpc) is 2.43. The van der Waals surface area contributed by atoms with Crippen molar-refractivity contribution in [2.75, 3.05) is 24.7 Å². The fourth-order valence-corrected chi connectivity index (χ4v) is 1.91. The quantitative estimate of drug-likeness (QED) is 0.826. The highest BCUT2D eigenvalue weighted by Crippen LogP contribution is 2.27. The van der Waals surface area contributed by atoms with Crippen LogP contribution in [0.5, 0.6) is 5.75 Å². The number of hydrogen-bond donors (Lipinski definition) is 2. The van der Waals surface area contributed by atoms with E-state index in [1.165, 1.54) is 25.3 Å². The molecule has 0 bridgehead atoms. The van der Waals surface area contributed by atoms with Gasteiger partial charge in [-0.3, -0.25) is 0 Å². The van der Waals surface area contributed by atoms with Gasteiger partial charge in [0.05, 0.1) is 18.5 Å². The number of nitrogens with two attached hydrogens (primary N) is 1. The van der Waals surface area contributed by atoms with Gasteiger partial charge in [0.15, 0.2) is 11.6 Å². The summed E-state index contributed by atoms with van der Waals surface area (Å²) in [7, 11) is 1.39. The van der Waals surface area contributed by atoms with Crippen LogP contribution in [0.3, 0.4) is 0 Å². The predicted octanol–water partition coefficient (Wildman–Crippen LogP) is 3.21. The van der Waals surface area contributed by atoms with E-state index in [-0.39, 0.29) is 17.3 Å². The molecule has 2 aromatic rings. The third kappa shape index (κ3) is 3.17. The molecule has 0 spiro atoms. The van der Waals surface area contributed by atoms with Gasteiger partial charge in [-0.15, -0.1) is 0 Å². The van der Waals surface area contributed by atoms with Gasteiger partial charge in [-0.1, -0.05) is 18.2 Å². The Hall–Kier alpha value is -2.30. The monoisotopic (exact) mass is 278 g/mol. The molecule has 0 aliphatic rings. The molecule has 0 atom stereocenters. The zero-order chi connectivity index (χ0) is 14.5. The van der Waals surface area contributed by atoms with Gasteiger partial charge < -0.3 is 15.8 Å². The van der Waals surface area contributed by atoms with Crippen molar-refractivity contribution < 1.29 is 13.5 Å². The molecule has 0 saturated heterocycles. The van der Waals surface area contributed by atoms with E-state index in [9.17, 15) is 8.78 Å². The third-order valence-corrected chi connectivity index (χ3v) is 2.99. The van der Waals surface area contributed by atoms with E-state index in [4.69, 9.17) is 10.5 Å². The largest absolute Gasteiger partial charge is 0.494 e. The number of halogens is 2. The van der Waals surface area contributed by atoms with E-state index in [0.29, 0.717) is 24.2 Å². The van der Waals surface area contributed by atoms with E-state index < -0.39 is 5.82 Å². The molecule has 2 rings (SSSR count). The molecule has 0 unspecified atom stereocenters. The van der Waals surface area contributed by atoms with Crippen LogP contribution in [0.4, 0.5) is 20.2 Å². The Kier molecular flexibility index (Phi) is 4.40. The van der Waals surface area contributed by atoms with E-state index in [2.05, 4.69) is 5.32 Å². The Morgan fingerprint density at radius 2 is 1.90 bits per heavy atom. The number of benzene rings is 2. The standard InChI is InChI=1S/C15H16F2N2O/c1-20-15-9-14(13(18)8-12(15)17)19-7-6-10-4-2-3-5-11(10)16/h2-5,8-9,19H,6-7,18H2,1H3. The van der Waals surface area contributed by atoms with Crippen molar-refractivity contribution in [3.63, 3.8) is 0 Å². The summed E-state index contributed by atoms with van der Waals surface area (Å²) in [6.45, 7) is 0.486. The number of rotatable bonds is 5. The molecule has 0 heterocycles. The van der Waals surface area contributed by atoms with Crippen LogP contribution in [0.25, 0.3) is 0 Å². The maximum Gasteiger partial charge on any atom is 0.167 e. The first-order valence-corrected chi connectivity index (χ1v) is 6.22. The van der Waals surface area contributed by atoms with Crippen LogP contribution in [0.15, 0.2) is 36.4 Å². The second-order valence-electron chi connectivity index (χ2n) is 4.34. The van der Waals surface area contributed by atoms with Gasteiger partial charge in [-0.25, -0.2) is 8.78 Å². The highest BCUT2D eigenvalue weighted by Gasteiger charge is 2.08. The van der Waals surface area contributed by atoms with E-state index in [1.54, 1.807) is 18.2 Å². The van der Waals surface area contributed by atoms with Gasteiger partial charge in [0.1, 0.15) is 5.82 Å². The molecule has 2 aromatic carbocycles. The highest BCUT2D eigenvalue weighted by atomic mass is 19.1. The molecule has 3 nitrogen and oxygen atoms in total. The maximum absolute atomic E-state index is 13.4. The van der Waals surface area contributed by atoms with Gasteiger partial charge >= 0.3 is 0 Å². The SMILES string of the molecule is COc1cc(NCCc2ccccc2F)c(N)cc1F. The molecule has 0 amide bonds. The van der Waals surface area contributed by atoms with Crippen molar-refractivity contribution >= 4 is 11.4 Å². The molecule has 5 heteroatoms. The lowest BCUT2D eigenvalue weighted by atomic mass is 10.1. The lowest BCUT2D eigenvalue weighted by Gasteiger charge is -2.12. The normalized spacial score (nSPS) is 10.3. The zero-order valence-corrected chi connectivity index (χ0v) is 11.1. The second-order valence-corrected chi connectivity index (χ2v) is 4.34. The Labute approximate surface area is 116 Å². The first-order chi connectivity index (χ1) is 9.61. The molecule has 0 radical (unpaired) electrons. The summed E-state index contributed by atoms with van der Waals surface area (Å²) in [5, 5.41) is 3.05. The van der Waals surface area contributed by atoms with Crippen molar-refractivity contribution in [1.29, 1.82) is 0 Å². The summed E-state index contributed by atoms with van der Waals surface area (Å²) in [6.07, 6.45) is 0.506. The minimum atomic E-state index is -0.510. The summed E-state index contributed by atoms with van der Waals surface area (Å²) in [4.78, 5) is 0. The zero-order valence-electron chi connectivity index (χ0n) is 11.1. The number of methoxy groups -OCH3 is 1. The van der Waals surface area contributed by atoms with Gasteiger partial charge in [-0.05, 0) is 18.1 Å². The molecular formula is C15H16F2N2O. The van der Waals surface area contributed by atoms with Crippen LogP contribution in [-0.4, -0.2) is 13.7 Å². The Morgan fingerprint density at radius 3 is 2.60 bits per heavy atom. The van der Waals surface area contributed by atoms with Crippen molar-refractivity contribution in [2.24, 2.45) is 0 Å². The number of ether oxygens (including phenoxy) is 1. The first-order valence-electron chi connectivity index (χ1n) is 6.22. The van der Waals surface area contributed by atoms with E-state index in [1.807, 2.05) is 0 Å². The molecule has 106 valence electrons. The van der Waals surface area contributed by atoms with Gasteiger partial charge in [0, 0.05) is 18.7 Å². The van der Waals surface area contributed by atoms with Gasteiger partial charge in [0.2, 0.25) is 0 Å². The minimum absolute atomic E-state index is 0.118. The van der Waals surface area contributed by atoms with E-state index in [0.717, 1.165) is 0 Å². The van der Waals surface area contributed by atoms with Crippen molar-refractivity contribution in [3.05, 3.63) is 53.6 Å². The summed E-state index contributed by atoms with van der Waals surface area (Å²) < 4.78 is 31.7. The van der Waals surface area contributed by atoms with E-state index >= 15 is 0 Å². The first kappa shape index (κ1) is 14.1. The molecular weight excluding hydrogens is 262 g/mol.